The van der Waals surface area contributed by atoms with Gasteiger partial charge in [-0.2, -0.15) is 0 Å². The summed E-state index contributed by atoms with van der Waals surface area (Å²) in [7, 11) is 1.58. The molecule has 0 aliphatic rings. The second-order valence-corrected chi connectivity index (χ2v) is 5.18. The van der Waals surface area contributed by atoms with E-state index < -0.39 is 0 Å². The molecule has 0 saturated carbocycles. The molecule has 25 heavy (non-hydrogen) atoms. The van der Waals surface area contributed by atoms with Crippen molar-refractivity contribution in [3.8, 4) is 5.75 Å². The Morgan fingerprint density at radius 3 is 2.76 bits per heavy atom. The number of benzene rings is 1. The van der Waals surface area contributed by atoms with E-state index in [1.807, 2.05) is 18.2 Å². The molecule has 0 bridgehead atoms. The zero-order valence-corrected chi connectivity index (χ0v) is 13.6. The van der Waals surface area contributed by atoms with Crippen LogP contribution in [0.15, 0.2) is 61.2 Å². The van der Waals surface area contributed by atoms with E-state index in [9.17, 15) is 4.79 Å². The van der Waals surface area contributed by atoms with Crippen molar-refractivity contribution in [1.29, 1.82) is 0 Å². The highest BCUT2D eigenvalue weighted by atomic mass is 16.5. The molecule has 0 spiro atoms. The first-order valence-corrected chi connectivity index (χ1v) is 7.65. The van der Waals surface area contributed by atoms with Gasteiger partial charge in [0, 0.05) is 36.8 Å². The van der Waals surface area contributed by atoms with Gasteiger partial charge in [0.15, 0.2) is 0 Å². The van der Waals surface area contributed by atoms with Crippen molar-refractivity contribution in [2.45, 2.75) is 6.54 Å². The van der Waals surface area contributed by atoms with Crippen molar-refractivity contribution in [3.05, 3.63) is 72.4 Å². The van der Waals surface area contributed by atoms with Crippen LogP contribution in [0.1, 0.15) is 16.1 Å². The topological polar surface area (TPSA) is 89.0 Å². The minimum atomic E-state index is -0.317. The Bertz CT molecular complexity index is 855. The molecule has 0 saturated heterocycles. The summed E-state index contributed by atoms with van der Waals surface area (Å²) in [4.78, 5) is 24.5. The zero-order chi connectivity index (χ0) is 17.5. The standard InChI is InChI=1S/C18H17N5O2/c1-25-15-4-2-3-14(9-15)23-18(24)16-10-17(22-12-21-16)20-11-13-5-7-19-8-6-13/h2-10,12H,11H2,1H3,(H,23,24)(H,20,21,22). The third kappa shape index (κ3) is 4.51. The van der Waals surface area contributed by atoms with E-state index in [1.165, 1.54) is 6.33 Å². The van der Waals surface area contributed by atoms with Gasteiger partial charge in [-0.25, -0.2) is 9.97 Å². The number of rotatable bonds is 6. The van der Waals surface area contributed by atoms with E-state index in [-0.39, 0.29) is 11.6 Å². The average molecular weight is 335 g/mol. The maximum Gasteiger partial charge on any atom is 0.274 e. The van der Waals surface area contributed by atoms with E-state index >= 15 is 0 Å². The van der Waals surface area contributed by atoms with Crippen molar-refractivity contribution >= 4 is 17.4 Å². The molecule has 0 aliphatic carbocycles. The number of methoxy groups -OCH3 is 1. The summed E-state index contributed by atoms with van der Waals surface area (Å²) in [5.74, 6) is 0.922. The van der Waals surface area contributed by atoms with E-state index in [4.69, 9.17) is 4.74 Å². The Labute approximate surface area is 145 Å². The largest absolute Gasteiger partial charge is 0.497 e. The summed E-state index contributed by atoms with van der Waals surface area (Å²) in [5.41, 5.74) is 1.97. The predicted molar refractivity (Wildman–Crippen MR) is 94.5 cm³/mol. The van der Waals surface area contributed by atoms with E-state index in [0.29, 0.717) is 23.8 Å². The van der Waals surface area contributed by atoms with Crippen LogP contribution in [-0.2, 0) is 6.54 Å². The summed E-state index contributed by atoms with van der Waals surface area (Å²) < 4.78 is 5.14. The van der Waals surface area contributed by atoms with Gasteiger partial charge in [0.2, 0.25) is 0 Å². The lowest BCUT2D eigenvalue weighted by atomic mass is 10.2. The zero-order valence-electron chi connectivity index (χ0n) is 13.6. The van der Waals surface area contributed by atoms with Gasteiger partial charge < -0.3 is 15.4 Å². The van der Waals surface area contributed by atoms with Crippen molar-refractivity contribution in [1.82, 2.24) is 15.0 Å². The normalized spacial score (nSPS) is 10.1. The predicted octanol–water partition coefficient (Wildman–Crippen LogP) is 2.74. The molecule has 0 fully saturated rings. The maximum absolute atomic E-state index is 12.4. The third-order valence-electron chi connectivity index (χ3n) is 3.45. The Balaban J connectivity index is 1.66. The number of ether oxygens (including phenoxy) is 1. The first-order valence-electron chi connectivity index (χ1n) is 7.65. The lowest BCUT2D eigenvalue weighted by Gasteiger charge is -2.08. The van der Waals surface area contributed by atoms with E-state index in [0.717, 1.165) is 5.56 Å². The molecular formula is C18H17N5O2. The maximum atomic E-state index is 12.4. The summed E-state index contributed by atoms with van der Waals surface area (Å²) in [6.45, 7) is 0.580. The molecule has 3 rings (SSSR count). The monoisotopic (exact) mass is 335 g/mol. The van der Waals surface area contributed by atoms with Gasteiger partial charge >= 0.3 is 0 Å². The number of aromatic nitrogens is 3. The number of amides is 1. The van der Waals surface area contributed by atoms with Gasteiger partial charge in [-0.05, 0) is 29.8 Å². The summed E-state index contributed by atoms with van der Waals surface area (Å²) >= 11 is 0. The lowest BCUT2D eigenvalue weighted by Crippen LogP contribution is -2.14. The first kappa shape index (κ1) is 16.4. The molecular weight excluding hydrogens is 318 g/mol. The van der Waals surface area contributed by atoms with Crippen LogP contribution in [0.25, 0.3) is 0 Å². The van der Waals surface area contributed by atoms with Gasteiger partial charge in [-0.3, -0.25) is 9.78 Å². The fourth-order valence-electron chi connectivity index (χ4n) is 2.17. The second-order valence-electron chi connectivity index (χ2n) is 5.18. The molecule has 7 nitrogen and oxygen atoms in total. The summed E-state index contributed by atoms with van der Waals surface area (Å²) in [6, 6.07) is 12.6. The number of hydrogen-bond acceptors (Lipinski definition) is 6. The van der Waals surface area contributed by atoms with E-state index in [1.54, 1.807) is 43.8 Å². The van der Waals surface area contributed by atoms with Crippen LogP contribution in [0.5, 0.6) is 5.75 Å². The molecule has 2 aromatic heterocycles. The average Bonchev–Trinajstić information content (AvgIpc) is 2.67. The Kier molecular flexibility index (Phi) is 5.16. The highest BCUT2D eigenvalue weighted by Gasteiger charge is 2.09. The number of nitrogens with one attached hydrogen (secondary N) is 2. The van der Waals surface area contributed by atoms with Gasteiger partial charge in [0.1, 0.15) is 23.6 Å². The molecule has 0 unspecified atom stereocenters. The van der Waals surface area contributed by atoms with Gasteiger partial charge in [-0.1, -0.05) is 6.07 Å². The number of hydrogen-bond donors (Lipinski definition) is 2. The van der Waals surface area contributed by atoms with Crippen LogP contribution in [-0.4, -0.2) is 28.0 Å². The number of carbonyl (C=O) groups is 1. The highest BCUT2D eigenvalue weighted by Crippen LogP contribution is 2.17. The fraction of sp³-hybridized carbons (Fsp3) is 0.111. The van der Waals surface area contributed by atoms with Crippen molar-refractivity contribution in [2.75, 3.05) is 17.7 Å². The molecule has 3 aromatic rings. The van der Waals surface area contributed by atoms with Gasteiger partial charge in [0.05, 0.1) is 7.11 Å². The first-order chi connectivity index (χ1) is 12.2. The molecule has 2 heterocycles. The molecule has 1 aromatic carbocycles. The number of carbonyl (C=O) groups excluding carboxylic acids is 1. The van der Waals surface area contributed by atoms with Crippen LogP contribution >= 0.6 is 0 Å². The lowest BCUT2D eigenvalue weighted by molar-refractivity contribution is 0.102. The van der Waals surface area contributed by atoms with Crippen molar-refractivity contribution in [3.63, 3.8) is 0 Å². The van der Waals surface area contributed by atoms with Crippen LogP contribution in [0.3, 0.4) is 0 Å². The van der Waals surface area contributed by atoms with E-state index in [2.05, 4.69) is 25.6 Å². The number of anilines is 2. The van der Waals surface area contributed by atoms with Crippen LogP contribution in [0.2, 0.25) is 0 Å². The minimum Gasteiger partial charge on any atom is -0.497 e. The van der Waals surface area contributed by atoms with Crippen molar-refractivity contribution in [2.24, 2.45) is 0 Å². The molecule has 0 atom stereocenters. The summed E-state index contributed by atoms with van der Waals surface area (Å²) in [6.07, 6.45) is 4.81. The minimum absolute atomic E-state index is 0.273. The number of nitrogens with zero attached hydrogens (tertiary/aromatic N) is 3. The second kappa shape index (κ2) is 7.87. The number of pyridine rings is 1. The van der Waals surface area contributed by atoms with Gasteiger partial charge in [0.25, 0.3) is 5.91 Å². The molecule has 2 N–H and O–H groups in total. The molecule has 1 amide bonds. The summed E-state index contributed by atoms with van der Waals surface area (Å²) in [5, 5.41) is 5.95. The molecule has 0 radical (unpaired) electrons. The Hall–Kier alpha value is -3.48. The fourth-order valence-corrected chi connectivity index (χ4v) is 2.17. The quantitative estimate of drug-likeness (QED) is 0.720. The molecule has 7 heteroatoms. The SMILES string of the molecule is COc1cccc(NC(=O)c2cc(NCc3ccncc3)ncn2)c1. The Morgan fingerprint density at radius 1 is 1.12 bits per heavy atom. The highest BCUT2D eigenvalue weighted by molar-refractivity contribution is 6.03. The van der Waals surface area contributed by atoms with Crippen molar-refractivity contribution < 1.29 is 9.53 Å². The molecule has 0 aliphatic heterocycles. The smallest absolute Gasteiger partial charge is 0.274 e. The molecule has 126 valence electrons. The van der Waals surface area contributed by atoms with Crippen LogP contribution in [0, 0.1) is 0 Å². The Morgan fingerprint density at radius 2 is 1.96 bits per heavy atom. The van der Waals surface area contributed by atoms with Crippen LogP contribution < -0.4 is 15.4 Å². The van der Waals surface area contributed by atoms with Gasteiger partial charge in [-0.15, -0.1) is 0 Å². The van der Waals surface area contributed by atoms with Crippen LogP contribution in [0.4, 0.5) is 11.5 Å². The third-order valence-corrected chi connectivity index (χ3v) is 3.45.